The summed E-state index contributed by atoms with van der Waals surface area (Å²) < 4.78 is 15.5. The standard InChI is InChI=1S/C24H27FN4OS/c1-17-6-7-18(2)21(14-17)22(30)16-31-24-27-26-23(15-28-12-4-3-5-13-28)29(24)20-10-8-19(25)9-11-20/h6-11,14H,3-5,12-13,15-16H2,1-2H3. The summed E-state index contributed by atoms with van der Waals surface area (Å²) >= 11 is 1.37. The van der Waals surface area contributed by atoms with Crippen LogP contribution >= 0.6 is 11.8 Å². The molecular formula is C24H27FN4OS. The third-order valence-electron chi connectivity index (χ3n) is 5.62. The summed E-state index contributed by atoms with van der Waals surface area (Å²) in [5.41, 5.74) is 3.59. The highest BCUT2D eigenvalue weighted by Gasteiger charge is 2.20. The summed E-state index contributed by atoms with van der Waals surface area (Å²) in [7, 11) is 0. The second-order valence-electron chi connectivity index (χ2n) is 8.08. The van der Waals surface area contributed by atoms with Gasteiger partial charge in [-0.25, -0.2) is 4.39 Å². The van der Waals surface area contributed by atoms with Crippen molar-refractivity contribution >= 4 is 17.5 Å². The number of hydrogen-bond donors (Lipinski definition) is 0. The van der Waals surface area contributed by atoms with Crippen molar-refractivity contribution in [2.45, 2.75) is 44.8 Å². The maximum Gasteiger partial charge on any atom is 0.196 e. The fourth-order valence-electron chi connectivity index (χ4n) is 3.91. The van der Waals surface area contributed by atoms with Gasteiger partial charge in [0.25, 0.3) is 0 Å². The van der Waals surface area contributed by atoms with Crippen molar-refractivity contribution in [1.82, 2.24) is 19.7 Å². The second-order valence-corrected chi connectivity index (χ2v) is 9.02. The molecule has 2 aromatic carbocycles. The molecule has 1 aliphatic heterocycles. The van der Waals surface area contributed by atoms with E-state index in [-0.39, 0.29) is 17.4 Å². The van der Waals surface area contributed by atoms with Crippen molar-refractivity contribution in [2.75, 3.05) is 18.8 Å². The van der Waals surface area contributed by atoms with Crippen molar-refractivity contribution in [3.8, 4) is 5.69 Å². The number of carbonyl (C=O) groups excluding carboxylic acids is 1. The predicted octanol–water partition coefficient (Wildman–Crippen LogP) is 4.98. The second kappa shape index (κ2) is 9.75. The van der Waals surface area contributed by atoms with E-state index in [1.54, 1.807) is 12.1 Å². The molecule has 162 valence electrons. The molecule has 3 aromatic rings. The summed E-state index contributed by atoms with van der Waals surface area (Å²) in [5, 5.41) is 9.48. The number of benzene rings is 2. The van der Waals surface area contributed by atoms with E-state index in [4.69, 9.17) is 0 Å². The molecule has 0 atom stereocenters. The van der Waals surface area contributed by atoms with E-state index in [0.717, 1.165) is 41.3 Å². The number of rotatable bonds is 7. The Balaban J connectivity index is 1.58. The lowest BCUT2D eigenvalue weighted by atomic mass is 10.0. The molecule has 0 N–H and O–H groups in total. The van der Waals surface area contributed by atoms with Crippen LogP contribution in [0.4, 0.5) is 4.39 Å². The van der Waals surface area contributed by atoms with E-state index in [9.17, 15) is 9.18 Å². The molecule has 0 aliphatic carbocycles. The number of ketones is 1. The summed E-state index contributed by atoms with van der Waals surface area (Å²) in [6.45, 7) is 6.72. The first kappa shape index (κ1) is 21.7. The fraction of sp³-hybridized carbons (Fsp3) is 0.375. The number of hydrogen-bond acceptors (Lipinski definition) is 5. The average Bonchev–Trinajstić information content (AvgIpc) is 3.17. The van der Waals surface area contributed by atoms with Gasteiger partial charge in [-0.05, 0) is 75.7 Å². The van der Waals surface area contributed by atoms with Crippen molar-refractivity contribution in [3.63, 3.8) is 0 Å². The van der Waals surface area contributed by atoms with Gasteiger partial charge in [0, 0.05) is 11.3 Å². The number of thioether (sulfide) groups is 1. The molecule has 31 heavy (non-hydrogen) atoms. The van der Waals surface area contributed by atoms with Gasteiger partial charge < -0.3 is 0 Å². The number of likely N-dealkylation sites (tertiary alicyclic amines) is 1. The largest absolute Gasteiger partial charge is 0.296 e. The molecular weight excluding hydrogens is 411 g/mol. The van der Waals surface area contributed by atoms with Crippen LogP contribution in [-0.4, -0.2) is 44.3 Å². The fourth-order valence-corrected chi connectivity index (χ4v) is 4.76. The number of aryl methyl sites for hydroxylation is 2. The zero-order chi connectivity index (χ0) is 21.8. The Labute approximate surface area is 186 Å². The van der Waals surface area contributed by atoms with Gasteiger partial charge in [0.05, 0.1) is 12.3 Å². The van der Waals surface area contributed by atoms with Crippen LogP contribution in [0, 0.1) is 19.7 Å². The lowest BCUT2D eigenvalue weighted by molar-refractivity contribution is 0.102. The number of piperidine rings is 1. The van der Waals surface area contributed by atoms with E-state index in [1.807, 2.05) is 36.6 Å². The number of aromatic nitrogens is 3. The van der Waals surface area contributed by atoms with Gasteiger partial charge in [-0.2, -0.15) is 0 Å². The van der Waals surface area contributed by atoms with E-state index in [0.29, 0.717) is 11.7 Å². The van der Waals surface area contributed by atoms with E-state index >= 15 is 0 Å². The molecule has 0 unspecified atom stereocenters. The van der Waals surface area contributed by atoms with Gasteiger partial charge in [-0.1, -0.05) is 35.9 Å². The van der Waals surface area contributed by atoms with Crippen LogP contribution in [-0.2, 0) is 6.54 Å². The summed E-state index contributed by atoms with van der Waals surface area (Å²) in [6.07, 6.45) is 3.65. The first-order valence-electron chi connectivity index (χ1n) is 10.7. The van der Waals surface area contributed by atoms with Crippen molar-refractivity contribution in [1.29, 1.82) is 0 Å². The third kappa shape index (κ3) is 5.22. The van der Waals surface area contributed by atoms with Crippen molar-refractivity contribution in [3.05, 3.63) is 70.8 Å². The predicted molar refractivity (Wildman–Crippen MR) is 121 cm³/mol. The minimum absolute atomic E-state index is 0.0671. The minimum atomic E-state index is -0.284. The number of carbonyl (C=O) groups is 1. The number of Topliss-reactive ketones (excluding diaryl/α,β-unsaturated/α-hetero) is 1. The van der Waals surface area contributed by atoms with Gasteiger partial charge in [-0.3, -0.25) is 14.3 Å². The highest BCUT2D eigenvalue weighted by atomic mass is 32.2. The van der Waals surface area contributed by atoms with Crippen LogP contribution < -0.4 is 0 Å². The highest BCUT2D eigenvalue weighted by Crippen LogP contribution is 2.25. The summed E-state index contributed by atoms with van der Waals surface area (Å²) in [6, 6.07) is 12.3. The lowest BCUT2D eigenvalue weighted by Crippen LogP contribution is -2.30. The van der Waals surface area contributed by atoms with Gasteiger partial charge in [-0.15, -0.1) is 10.2 Å². The maximum atomic E-state index is 13.5. The Morgan fingerprint density at radius 3 is 2.52 bits per heavy atom. The molecule has 5 nitrogen and oxygen atoms in total. The van der Waals surface area contributed by atoms with Crippen LogP contribution in [0.2, 0.25) is 0 Å². The van der Waals surface area contributed by atoms with Crippen LogP contribution in [0.15, 0.2) is 47.6 Å². The first-order chi connectivity index (χ1) is 15.0. The van der Waals surface area contributed by atoms with E-state index < -0.39 is 0 Å². The molecule has 1 saturated heterocycles. The van der Waals surface area contributed by atoms with Gasteiger partial charge in [0.15, 0.2) is 16.8 Å². The maximum absolute atomic E-state index is 13.5. The molecule has 4 rings (SSSR count). The Bertz CT molecular complexity index is 1060. The van der Waals surface area contributed by atoms with Gasteiger partial charge in [0.1, 0.15) is 5.82 Å². The third-order valence-corrected chi connectivity index (χ3v) is 6.55. The van der Waals surface area contributed by atoms with Crippen LogP contribution in [0.5, 0.6) is 0 Å². The molecule has 2 heterocycles. The molecule has 1 aliphatic rings. The molecule has 0 radical (unpaired) electrons. The molecule has 0 saturated carbocycles. The lowest BCUT2D eigenvalue weighted by Gasteiger charge is -2.26. The quantitative estimate of drug-likeness (QED) is 0.384. The SMILES string of the molecule is Cc1ccc(C)c(C(=O)CSc2nnc(CN3CCCCC3)n2-c2ccc(F)cc2)c1. The van der Waals surface area contributed by atoms with Gasteiger partial charge in [0.2, 0.25) is 0 Å². The number of halogens is 1. The van der Waals surface area contributed by atoms with Crippen molar-refractivity contribution in [2.24, 2.45) is 0 Å². The van der Waals surface area contributed by atoms with E-state index in [2.05, 4.69) is 15.1 Å². The number of nitrogens with zero attached hydrogens (tertiary/aromatic N) is 4. The van der Waals surface area contributed by atoms with Gasteiger partial charge >= 0.3 is 0 Å². The average molecular weight is 439 g/mol. The zero-order valence-electron chi connectivity index (χ0n) is 18.0. The highest BCUT2D eigenvalue weighted by molar-refractivity contribution is 7.99. The Kier molecular flexibility index (Phi) is 6.83. The molecule has 0 spiro atoms. The van der Waals surface area contributed by atoms with Crippen LogP contribution in [0.3, 0.4) is 0 Å². The minimum Gasteiger partial charge on any atom is -0.296 e. The Morgan fingerprint density at radius 2 is 1.77 bits per heavy atom. The normalized spacial score (nSPS) is 14.7. The Hall–Kier alpha value is -2.51. The molecule has 1 aromatic heterocycles. The Morgan fingerprint density at radius 1 is 1.03 bits per heavy atom. The first-order valence-corrected chi connectivity index (χ1v) is 11.7. The smallest absolute Gasteiger partial charge is 0.196 e. The molecule has 0 amide bonds. The molecule has 1 fully saturated rings. The topological polar surface area (TPSA) is 51.0 Å². The summed E-state index contributed by atoms with van der Waals surface area (Å²) in [4.78, 5) is 15.2. The van der Waals surface area contributed by atoms with Crippen LogP contribution in [0.25, 0.3) is 5.69 Å². The van der Waals surface area contributed by atoms with Crippen LogP contribution in [0.1, 0.15) is 46.6 Å². The molecule has 0 bridgehead atoms. The molecule has 7 heteroatoms. The van der Waals surface area contributed by atoms with Crippen molar-refractivity contribution < 1.29 is 9.18 Å². The zero-order valence-corrected chi connectivity index (χ0v) is 18.8. The van der Waals surface area contributed by atoms with E-state index in [1.165, 1.54) is 43.2 Å². The summed E-state index contributed by atoms with van der Waals surface area (Å²) in [5.74, 6) is 0.870. The monoisotopic (exact) mass is 438 g/mol.